The summed E-state index contributed by atoms with van der Waals surface area (Å²) < 4.78 is 0. The van der Waals surface area contributed by atoms with Crippen LogP contribution in [0.2, 0.25) is 0 Å². The van der Waals surface area contributed by atoms with Crippen LogP contribution in [0.1, 0.15) is 15.9 Å². The molecule has 1 atom stereocenters. The minimum Gasteiger partial charge on any atom is -0.478 e. The van der Waals surface area contributed by atoms with Gasteiger partial charge in [0, 0.05) is 6.42 Å². The van der Waals surface area contributed by atoms with Crippen molar-refractivity contribution in [1.29, 1.82) is 0 Å². The highest BCUT2D eigenvalue weighted by molar-refractivity contribution is 6.04. The Morgan fingerprint density at radius 3 is 2.57 bits per heavy atom. The van der Waals surface area contributed by atoms with Gasteiger partial charge in [0.25, 0.3) is 0 Å². The van der Waals surface area contributed by atoms with E-state index >= 15 is 0 Å². The van der Waals surface area contributed by atoms with Gasteiger partial charge in [0.15, 0.2) is 0 Å². The predicted octanol–water partition coefficient (Wildman–Crippen LogP) is 2.36. The Labute approximate surface area is 121 Å². The molecule has 3 N–H and O–H groups in total. The molecule has 0 aliphatic carbocycles. The lowest BCUT2D eigenvalue weighted by molar-refractivity contribution is -0.117. The van der Waals surface area contributed by atoms with E-state index in [1.807, 2.05) is 30.3 Å². The summed E-state index contributed by atoms with van der Waals surface area (Å²) in [6, 6.07) is 13.9. The lowest BCUT2D eigenvalue weighted by Crippen LogP contribution is -2.40. The molecular weight excluding hydrogens is 268 g/mol. The molecule has 106 valence electrons. The van der Waals surface area contributed by atoms with Gasteiger partial charge >= 0.3 is 5.97 Å². The Morgan fingerprint density at radius 1 is 1.10 bits per heavy atom. The first-order chi connectivity index (χ1) is 10.1. The van der Waals surface area contributed by atoms with Gasteiger partial charge in [0.2, 0.25) is 5.91 Å². The zero-order valence-corrected chi connectivity index (χ0v) is 11.2. The summed E-state index contributed by atoms with van der Waals surface area (Å²) in [5.41, 5.74) is 2.48. The molecule has 1 amide bonds. The first-order valence-corrected chi connectivity index (χ1v) is 6.62. The van der Waals surface area contributed by atoms with Crippen molar-refractivity contribution >= 4 is 23.3 Å². The van der Waals surface area contributed by atoms with E-state index in [1.54, 1.807) is 6.07 Å². The third-order valence-corrected chi connectivity index (χ3v) is 3.45. The Bertz CT molecular complexity index is 698. The van der Waals surface area contributed by atoms with Crippen LogP contribution in [0.15, 0.2) is 48.5 Å². The molecule has 2 aromatic carbocycles. The molecule has 0 aromatic heterocycles. The molecule has 5 nitrogen and oxygen atoms in total. The standard InChI is InChI=1S/C16H14N2O3/c19-15-14(8-10-4-2-1-3-5-10)17-13-9-11(16(20)21)6-7-12(13)18-15/h1-7,9,14,17H,8H2,(H,18,19)(H,20,21). The molecule has 0 saturated heterocycles. The summed E-state index contributed by atoms with van der Waals surface area (Å²) in [7, 11) is 0. The highest BCUT2D eigenvalue weighted by atomic mass is 16.4. The van der Waals surface area contributed by atoms with E-state index < -0.39 is 12.0 Å². The van der Waals surface area contributed by atoms with Gasteiger partial charge in [-0.3, -0.25) is 4.79 Å². The van der Waals surface area contributed by atoms with Crippen LogP contribution in [0.25, 0.3) is 0 Å². The van der Waals surface area contributed by atoms with Crippen LogP contribution in [0.4, 0.5) is 11.4 Å². The molecular formula is C16H14N2O3. The molecule has 1 heterocycles. The van der Waals surface area contributed by atoms with E-state index in [9.17, 15) is 9.59 Å². The van der Waals surface area contributed by atoms with Crippen molar-refractivity contribution in [2.45, 2.75) is 12.5 Å². The van der Waals surface area contributed by atoms with E-state index in [0.29, 0.717) is 17.8 Å². The van der Waals surface area contributed by atoms with Crippen LogP contribution < -0.4 is 10.6 Å². The van der Waals surface area contributed by atoms with Gasteiger partial charge in [-0.2, -0.15) is 0 Å². The average molecular weight is 282 g/mol. The minimum absolute atomic E-state index is 0.116. The Balaban J connectivity index is 1.85. The fraction of sp³-hybridized carbons (Fsp3) is 0.125. The molecule has 1 unspecified atom stereocenters. The molecule has 21 heavy (non-hydrogen) atoms. The number of hydrogen-bond donors (Lipinski definition) is 3. The van der Waals surface area contributed by atoms with Crippen LogP contribution in [0, 0.1) is 0 Å². The topological polar surface area (TPSA) is 78.4 Å². The Kier molecular flexibility index (Phi) is 3.31. The van der Waals surface area contributed by atoms with Gasteiger partial charge < -0.3 is 15.7 Å². The number of aromatic carboxylic acids is 1. The van der Waals surface area contributed by atoms with E-state index in [4.69, 9.17) is 5.11 Å². The molecule has 1 aliphatic heterocycles. The lowest BCUT2D eigenvalue weighted by Gasteiger charge is -2.27. The second-order valence-electron chi connectivity index (χ2n) is 4.94. The maximum Gasteiger partial charge on any atom is 0.335 e. The first kappa shape index (κ1) is 13.2. The highest BCUT2D eigenvalue weighted by Crippen LogP contribution is 2.28. The van der Waals surface area contributed by atoms with Gasteiger partial charge in [-0.15, -0.1) is 0 Å². The molecule has 5 heteroatoms. The molecule has 3 rings (SSSR count). The molecule has 2 aromatic rings. The minimum atomic E-state index is -0.990. The van der Waals surface area contributed by atoms with Gasteiger partial charge in [-0.05, 0) is 23.8 Å². The van der Waals surface area contributed by atoms with Crippen molar-refractivity contribution in [2.24, 2.45) is 0 Å². The van der Waals surface area contributed by atoms with Crippen molar-refractivity contribution in [1.82, 2.24) is 0 Å². The molecule has 0 radical (unpaired) electrons. The van der Waals surface area contributed by atoms with E-state index in [-0.39, 0.29) is 11.5 Å². The lowest BCUT2D eigenvalue weighted by atomic mass is 10.0. The summed E-state index contributed by atoms with van der Waals surface area (Å²) in [5.74, 6) is -1.11. The number of rotatable bonds is 3. The molecule has 0 spiro atoms. The second kappa shape index (κ2) is 5.28. The van der Waals surface area contributed by atoms with Crippen molar-refractivity contribution in [3.8, 4) is 0 Å². The number of carboxylic acid groups (broad SMARTS) is 1. The fourth-order valence-electron chi connectivity index (χ4n) is 2.37. The third-order valence-electron chi connectivity index (χ3n) is 3.45. The van der Waals surface area contributed by atoms with Gasteiger partial charge in [0.1, 0.15) is 6.04 Å². The number of nitrogens with one attached hydrogen (secondary N) is 2. The highest BCUT2D eigenvalue weighted by Gasteiger charge is 2.26. The molecule has 0 bridgehead atoms. The number of carbonyl (C=O) groups excluding carboxylic acids is 1. The van der Waals surface area contributed by atoms with Crippen LogP contribution >= 0.6 is 0 Å². The van der Waals surface area contributed by atoms with Crippen molar-refractivity contribution in [3.05, 3.63) is 59.7 Å². The normalized spacial score (nSPS) is 16.6. The van der Waals surface area contributed by atoms with E-state index in [0.717, 1.165) is 5.56 Å². The van der Waals surface area contributed by atoms with Crippen LogP contribution in [0.3, 0.4) is 0 Å². The largest absolute Gasteiger partial charge is 0.478 e. The number of anilines is 2. The smallest absolute Gasteiger partial charge is 0.335 e. The number of benzene rings is 2. The zero-order chi connectivity index (χ0) is 14.8. The molecule has 1 aliphatic rings. The first-order valence-electron chi connectivity index (χ1n) is 6.62. The summed E-state index contributed by atoms with van der Waals surface area (Å²) in [4.78, 5) is 23.1. The van der Waals surface area contributed by atoms with Gasteiger partial charge in [-0.1, -0.05) is 30.3 Å². The Morgan fingerprint density at radius 2 is 1.86 bits per heavy atom. The van der Waals surface area contributed by atoms with Crippen LogP contribution in [0.5, 0.6) is 0 Å². The fourth-order valence-corrected chi connectivity index (χ4v) is 2.37. The van der Waals surface area contributed by atoms with Crippen LogP contribution in [-0.2, 0) is 11.2 Å². The average Bonchev–Trinajstić information content (AvgIpc) is 2.48. The van der Waals surface area contributed by atoms with Gasteiger partial charge in [-0.25, -0.2) is 4.79 Å². The Hall–Kier alpha value is -2.82. The number of carboxylic acids is 1. The predicted molar refractivity (Wildman–Crippen MR) is 79.6 cm³/mol. The van der Waals surface area contributed by atoms with Crippen molar-refractivity contribution < 1.29 is 14.7 Å². The van der Waals surface area contributed by atoms with Gasteiger partial charge in [0.05, 0.1) is 16.9 Å². The number of hydrogen-bond acceptors (Lipinski definition) is 3. The summed E-state index contributed by atoms with van der Waals surface area (Å²) in [6.45, 7) is 0. The SMILES string of the molecule is O=C(O)c1ccc2c(c1)NC(Cc1ccccc1)C(=O)N2. The zero-order valence-electron chi connectivity index (χ0n) is 11.2. The summed E-state index contributed by atoms with van der Waals surface area (Å²) >= 11 is 0. The quantitative estimate of drug-likeness (QED) is 0.807. The third kappa shape index (κ3) is 2.72. The number of fused-ring (bicyclic) bond motifs is 1. The van der Waals surface area contributed by atoms with E-state index in [2.05, 4.69) is 10.6 Å². The monoisotopic (exact) mass is 282 g/mol. The van der Waals surface area contributed by atoms with Crippen molar-refractivity contribution in [2.75, 3.05) is 10.6 Å². The maximum atomic E-state index is 12.1. The van der Waals surface area contributed by atoms with E-state index in [1.165, 1.54) is 12.1 Å². The summed E-state index contributed by atoms with van der Waals surface area (Å²) in [5, 5.41) is 14.9. The summed E-state index contributed by atoms with van der Waals surface area (Å²) in [6.07, 6.45) is 0.545. The van der Waals surface area contributed by atoms with Crippen molar-refractivity contribution in [3.63, 3.8) is 0 Å². The van der Waals surface area contributed by atoms with Crippen LogP contribution in [-0.4, -0.2) is 23.0 Å². The number of carbonyl (C=O) groups is 2. The number of amides is 1. The molecule has 0 fully saturated rings. The molecule has 0 saturated carbocycles. The second-order valence-corrected chi connectivity index (χ2v) is 4.94. The maximum absolute atomic E-state index is 12.1.